The molecule has 1 aliphatic carbocycles. The quantitative estimate of drug-likeness (QED) is 0.670. The SMILES string of the molecule is C[C@H]1C(=O)N2[C@@H](CCN3CCC4(CC4)[C@H](O)C3)CO[C@@H]2CN1C(=O)Nc1cccc(C(F)(F)F)c1. The number of likely N-dealkylation sites (tertiary alicyclic amines) is 1. The van der Waals surface area contributed by atoms with Crippen molar-refractivity contribution in [2.75, 3.05) is 38.1 Å². The molecule has 1 spiro atoms. The molecular formula is C24H31F3N4O4. The van der Waals surface area contributed by atoms with Crippen LogP contribution in [0, 0.1) is 5.41 Å². The van der Waals surface area contributed by atoms with Crippen molar-refractivity contribution in [3.05, 3.63) is 29.8 Å². The summed E-state index contributed by atoms with van der Waals surface area (Å²) in [5.41, 5.74) is -0.706. The lowest BCUT2D eigenvalue weighted by atomic mass is 9.90. The van der Waals surface area contributed by atoms with Gasteiger partial charge in [0.15, 0.2) is 6.23 Å². The number of anilines is 1. The van der Waals surface area contributed by atoms with Crippen molar-refractivity contribution in [1.29, 1.82) is 0 Å². The molecule has 0 aromatic heterocycles. The van der Waals surface area contributed by atoms with E-state index in [2.05, 4.69) is 10.2 Å². The third kappa shape index (κ3) is 4.73. The summed E-state index contributed by atoms with van der Waals surface area (Å²) in [7, 11) is 0. The second-order valence-electron chi connectivity index (χ2n) is 10.2. The number of rotatable bonds is 4. The zero-order valence-corrected chi connectivity index (χ0v) is 19.6. The number of nitrogens with one attached hydrogen (secondary N) is 1. The van der Waals surface area contributed by atoms with Crippen molar-refractivity contribution in [3.8, 4) is 0 Å². The molecule has 1 saturated carbocycles. The van der Waals surface area contributed by atoms with Gasteiger partial charge in [0.1, 0.15) is 6.04 Å². The second-order valence-corrected chi connectivity index (χ2v) is 10.2. The van der Waals surface area contributed by atoms with Gasteiger partial charge in [0.25, 0.3) is 0 Å². The molecule has 3 heterocycles. The predicted octanol–water partition coefficient (Wildman–Crippen LogP) is 2.73. The third-order valence-electron chi connectivity index (χ3n) is 8.05. The molecule has 192 valence electrons. The summed E-state index contributed by atoms with van der Waals surface area (Å²) in [4.78, 5) is 31.3. The first-order valence-electron chi connectivity index (χ1n) is 12.2. The maximum absolute atomic E-state index is 13.2. The van der Waals surface area contributed by atoms with Crippen LogP contribution in [0.3, 0.4) is 0 Å². The molecule has 8 nitrogen and oxygen atoms in total. The molecule has 4 fully saturated rings. The number of carbonyl (C=O) groups is 2. The van der Waals surface area contributed by atoms with Crippen molar-refractivity contribution < 1.29 is 32.6 Å². The number of aliphatic hydroxyl groups excluding tert-OH is 1. The number of halogens is 3. The van der Waals surface area contributed by atoms with Gasteiger partial charge < -0.3 is 29.9 Å². The molecule has 3 saturated heterocycles. The van der Waals surface area contributed by atoms with Gasteiger partial charge in [-0.3, -0.25) is 4.79 Å². The van der Waals surface area contributed by atoms with E-state index in [0.717, 1.165) is 44.5 Å². The highest BCUT2D eigenvalue weighted by Crippen LogP contribution is 2.53. The van der Waals surface area contributed by atoms with Crippen LogP contribution in [0.2, 0.25) is 0 Å². The molecule has 5 rings (SSSR count). The minimum absolute atomic E-state index is 0.00816. The Labute approximate surface area is 202 Å². The Balaban J connectivity index is 1.18. The number of nitrogens with zero attached hydrogens (tertiary/aromatic N) is 3. The molecule has 11 heteroatoms. The van der Waals surface area contributed by atoms with Crippen LogP contribution in [0.15, 0.2) is 24.3 Å². The lowest BCUT2D eigenvalue weighted by Gasteiger charge is -2.42. The highest BCUT2D eigenvalue weighted by Gasteiger charge is 2.51. The van der Waals surface area contributed by atoms with Gasteiger partial charge in [0.2, 0.25) is 5.91 Å². The number of hydrogen-bond acceptors (Lipinski definition) is 5. The number of ether oxygens (including phenoxy) is 1. The number of amides is 3. The van der Waals surface area contributed by atoms with E-state index in [9.17, 15) is 27.9 Å². The molecule has 4 atom stereocenters. The minimum atomic E-state index is -4.52. The Bertz CT molecular complexity index is 986. The first-order chi connectivity index (χ1) is 16.6. The van der Waals surface area contributed by atoms with Gasteiger partial charge in [0.05, 0.1) is 30.9 Å². The van der Waals surface area contributed by atoms with Crippen molar-refractivity contribution >= 4 is 17.6 Å². The van der Waals surface area contributed by atoms with E-state index in [-0.39, 0.29) is 35.7 Å². The van der Waals surface area contributed by atoms with Crippen molar-refractivity contribution in [2.45, 2.75) is 63.2 Å². The summed E-state index contributed by atoms with van der Waals surface area (Å²) < 4.78 is 44.8. The summed E-state index contributed by atoms with van der Waals surface area (Å²) in [6.45, 7) is 4.49. The van der Waals surface area contributed by atoms with Gasteiger partial charge in [-0.15, -0.1) is 0 Å². The summed E-state index contributed by atoms with van der Waals surface area (Å²) >= 11 is 0. The van der Waals surface area contributed by atoms with E-state index in [1.807, 2.05) is 0 Å². The molecule has 1 aromatic carbocycles. The van der Waals surface area contributed by atoms with Crippen molar-refractivity contribution in [2.24, 2.45) is 5.41 Å². The number of piperidine rings is 1. The van der Waals surface area contributed by atoms with Gasteiger partial charge in [0, 0.05) is 18.8 Å². The van der Waals surface area contributed by atoms with Crippen LogP contribution in [0.4, 0.5) is 23.7 Å². The van der Waals surface area contributed by atoms with Gasteiger partial charge in [-0.25, -0.2) is 4.79 Å². The second kappa shape index (κ2) is 8.94. The Morgan fingerprint density at radius 1 is 1.26 bits per heavy atom. The molecule has 3 amide bonds. The standard InChI is InChI=1S/C24H31F3N4O4/c1-15-21(33)31-18(5-9-29-10-8-23(6-7-23)19(32)12-29)14-35-20(31)13-30(15)22(34)28-17-4-2-3-16(11-17)24(25,26)27/h2-4,11,15,18-20,32H,5-10,12-14H2,1H3,(H,28,34)/t15-,18-,19+,20+/m0/s1. The average Bonchev–Trinajstić information content (AvgIpc) is 3.48. The van der Waals surface area contributed by atoms with E-state index >= 15 is 0 Å². The van der Waals surface area contributed by atoms with Crippen LogP contribution in [-0.4, -0.2) is 88.9 Å². The van der Waals surface area contributed by atoms with Crippen LogP contribution in [0.25, 0.3) is 0 Å². The van der Waals surface area contributed by atoms with Crippen LogP contribution < -0.4 is 5.32 Å². The number of piperazine rings is 1. The zero-order chi connectivity index (χ0) is 25.0. The van der Waals surface area contributed by atoms with Crippen LogP contribution in [-0.2, 0) is 15.7 Å². The van der Waals surface area contributed by atoms with Crippen LogP contribution in [0.1, 0.15) is 38.2 Å². The summed E-state index contributed by atoms with van der Waals surface area (Å²) in [6, 6.07) is 2.87. The van der Waals surface area contributed by atoms with Crippen LogP contribution in [0.5, 0.6) is 0 Å². The maximum Gasteiger partial charge on any atom is 0.416 e. The predicted molar refractivity (Wildman–Crippen MR) is 120 cm³/mol. The number of fused-ring (bicyclic) bond motifs is 1. The van der Waals surface area contributed by atoms with E-state index in [1.165, 1.54) is 17.0 Å². The first kappa shape index (κ1) is 24.3. The molecular weight excluding hydrogens is 465 g/mol. The zero-order valence-electron chi connectivity index (χ0n) is 19.6. The van der Waals surface area contributed by atoms with Gasteiger partial charge in [-0.05, 0) is 62.8 Å². The van der Waals surface area contributed by atoms with E-state index < -0.39 is 30.0 Å². The maximum atomic E-state index is 13.2. The fourth-order valence-electron chi connectivity index (χ4n) is 5.56. The lowest BCUT2D eigenvalue weighted by molar-refractivity contribution is -0.150. The average molecular weight is 497 g/mol. The summed E-state index contributed by atoms with van der Waals surface area (Å²) in [6.07, 6.45) is -1.45. The van der Waals surface area contributed by atoms with Gasteiger partial charge in [-0.2, -0.15) is 13.2 Å². The Hall–Kier alpha value is -2.37. The number of carbonyl (C=O) groups excluding carboxylic acids is 2. The highest BCUT2D eigenvalue weighted by molar-refractivity contribution is 5.94. The fourth-order valence-corrected chi connectivity index (χ4v) is 5.56. The number of urea groups is 1. The Morgan fingerprint density at radius 3 is 2.71 bits per heavy atom. The number of aliphatic hydroxyl groups is 1. The topological polar surface area (TPSA) is 85.4 Å². The fraction of sp³-hybridized carbons (Fsp3) is 0.667. The Kier molecular flexibility index (Phi) is 6.21. The first-order valence-corrected chi connectivity index (χ1v) is 12.2. The molecule has 0 bridgehead atoms. The largest absolute Gasteiger partial charge is 0.416 e. The number of β-amino-alcohol motifs (C(OH)–C–C–N with tert-alkyl or cyclic N) is 1. The smallest absolute Gasteiger partial charge is 0.391 e. The summed E-state index contributed by atoms with van der Waals surface area (Å²) in [5, 5.41) is 12.9. The van der Waals surface area contributed by atoms with Crippen LogP contribution >= 0.6 is 0 Å². The van der Waals surface area contributed by atoms with Gasteiger partial charge in [-0.1, -0.05) is 6.07 Å². The number of benzene rings is 1. The van der Waals surface area contributed by atoms with Crippen molar-refractivity contribution in [3.63, 3.8) is 0 Å². The normalized spacial score (nSPS) is 30.5. The minimum Gasteiger partial charge on any atom is -0.391 e. The lowest BCUT2D eigenvalue weighted by Crippen LogP contribution is -2.63. The number of alkyl halides is 3. The molecule has 3 aliphatic heterocycles. The summed E-state index contributed by atoms with van der Waals surface area (Å²) in [5.74, 6) is -0.237. The van der Waals surface area contributed by atoms with Crippen molar-refractivity contribution in [1.82, 2.24) is 14.7 Å². The van der Waals surface area contributed by atoms with Gasteiger partial charge >= 0.3 is 12.2 Å². The monoisotopic (exact) mass is 496 g/mol. The van der Waals surface area contributed by atoms with E-state index in [0.29, 0.717) is 19.6 Å². The molecule has 1 aromatic rings. The molecule has 4 aliphatic rings. The molecule has 0 radical (unpaired) electrons. The van der Waals surface area contributed by atoms with E-state index in [4.69, 9.17) is 4.74 Å². The highest BCUT2D eigenvalue weighted by atomic mass is 19.4. The number of hydrogen-bond donors (Lipinski definition) is 2. The Morgan fingerprint density at radius 2 is 2.03 bits per heavy atom. The third-order valence-corrected chi connectivity index (χ3v) is 8.05. The molecule has 2 N–H and O–H groups in total. The van der Waals surface area contributed by atoms with E-state index in [1.54, 1.807) is 11.8 Å². The molecule has 0 unspecified atom stereocenters. The molecule has 35 heavy (non-hydrogen) atoms.